The quantitative estimate of drug-likeness (QED) is 0.144. The summed E-state index contributed by atoms with van der Waals surface area (Å²) in [6.45, 7) is -1.95. The van der Waals surface area contributed by atoms with Crippen molar-refractivity contribution in [3.05, 3.63) is 0 Å². The van der Waals surface area contributed by atoms with Crippen molar-refractivity contribution >= 4 is 0 Å². The van der Waals surface area contributed by atoms with E-state index in [-0.39, 0.29) is 6.42 Å². The summed E-state index contributed by atoms with van der Waals surface area (Å²) >= 11 is 0. The van der Waals surface area contributed by atoms with Crippen molar-refractivity contribution in [2.75, 3.05) is 26.9 Å². The molecule has 0 aromatic carbocycles. The van der Waals surface area contributed by atoms with Crippen molar-refractivity contribution in [2.24, 2.45) is 5.92 Å². The van der Waals surface area contributed by atoms with Crippen LogP contribution in [-0.4, -0.2) is 164 Å². The van der Waals surface area contributed by atoms with Crippen LogP contribution in [0.25, 0.3) is 0 Å². The number of aliphatic hydroxyl groups excluding tert-OH is 10. The van der Waals surface area contributed by atoms with Crippen LogP contribution in [0.3, 0.4) is 0 Å². The lowest BCUT2D eigenvalue weighted by Crippen LogP contribution is -2.66. The minimum Gasteiger partial charge on any atom is -0.396 e. The van der Waals surface area contributed by atoms with E-state index in [4.69, 9.17) is 23.7 Å². The zero-order chi connectivity index (χ0) is 26.0. The molecule has 0 radical (unpaired) electrons. The predicted molar refractivity (Wildman–Crippen MR) is 109 cm³/mol. The Kier molecular flexibility index (Phi) is 10.2. The van der Waals surface area contributed by atoms with Crippen LogP contribution in [-0.2, 0) is 23.7 Å². The second-order valence-corrected chi connectivity index (χ2v) is 9.04. The highest BCUT2D eigenvalue weighted by molar-refractivity contribution is 4.97. The molecule has 1 saturated carbocycles. The van der Waals surface area contributed by atoms with Crippen molar-refractivity contribution in [1.82, 2.24) is 0 Å². The van der Waals surface area contributed by atoms with E-state index in [2.05, 4.69) is 0 Å². The maximum atomic E-state index is 10.9. The summed E-state index contributed by atoms with van der Waals surface area (Å²) in [4.78, 5) is 0. The van der Waals surface area contributed by atoms with Gasteiger partial charge >= 0.3 is 0 Å². The standard InChI is InChI=1S/C20H36O15/c1-31-7-2-6(3-21)10(24)17(12(7)26)34-20-16(30)18(13(27)9(5-23)33-20)35-19-15(29)14(28)11(25)8(4-22)32-19/h6-30H,2-5H2,1H3/t6?,7-,8?,9?,10-,11-,12?,13-,14+,15?,16?,17+,18+,19+,20+/m1/s1. The van der Waals surface area contributed by atoms with E-state index in [1.807, 2.05) is 0 Å². The van der Waals surface area contributed by atoms with Crippen LogP contribution >= 0.6 is 0 Å². The molecule has 15 heteroatoms. The first-order chi connectivity index (χ1) is 16.6. The summed E-state index contributed by atoms with van der Waals surface area (Å²) in [5.41, 5.74) is 0. The molecule has 3 rings (SSSR count). The van der Waals surface area contributed by atoms with E-state index in [0.29, 0.717) is 0 Å². The average molecular weight is 516 g/mol. The fourth-order valence-corrected chi connectivity index (χ4v) is 4.65. The van der Waals surface area contributed by atoms with Gasteiger partial charge in [-0.1, -0.05) is 0 Å². The molecule has 206 valence electrons. The molecule has 2 heterocycles. The van der Waals surface area contributed by atoms with E-state index < -0.39 is 112 Å². The first-order valence-electron chi connectivity index (χ1n) is 11.3. The van der Waals surface area contributed by atoms with Crippen LogP contribution in [0.1, 0.15) is 6.42 Å². The number of aliphatic hydroxyl groups is 10. The van der Waals surface area contributed by atoms with Crippen LogP contribution < -0.4 is 0 Å². The molecular formula is C20H36O15. The highest BCUT2D eigenvalue weighted by atomic mass is 16.7. The molecule has 0 spiro atoms. The van der Waals surface area contributed by atoms with Gasteiger partial charge in [0.05, 0.1) is 25.4 Å². The summed E-state index contributed by atoms with van der Waals surface area (Å²) < 4.78 is 27.0. The largest absolute Gasteiger partial charge is 0.396 e. The number of ether oxygens (including phenoxy) is 5. The molecule has 3 aliphatic rings. The first-order valence-corrected chi connectivity index (χ1v) is 11.3. The smallest absolute Gasteiger partial charge is 0.187 e. The fraction of sp³-hybridized carbons (Fsp3) is 1.00. The van der Waals surface area contributed by atoms with Crippen LogP contribution in [0, 0.1) is 5.92 Å². The zero-order valence-electron chi connectivity index (χ0n) is 19.0. The SMILES string of the molecule is CO[C@@H]1CC(CO)[C@@H](O)[C@H](O[C@@H]2OC(CO)[C@@H](O)[C@H](O[C@@H]3OC(CO)[C@@H](O)[C@H](O)C3O)C2O)C1O. The molecule has 0 aromatic heterocycles. The number of rotatable bonds is 8. The Balaban J connectivity index is 1.79. The minimum absolute atomic E-state index is 0.129. The highest BCUT2D eigenvalue weighted by Crippen LogP contribution is 2.34. The van der Waals surface area contributed by atoms with Gasteiger partial charge in [-0.15, -0.1) is 0 Å². The zero-order valence-corrected chi connectivity index (χ0v) is 19.0. The summed E-state index contributed by atoms with van der Waals surface area (Å²) in [6.07, 6.45) is -21.5. The van der Waals surface area contributed by atoms with Gasteiger partial charge in [0.2, 0.25) is 0 Å². The van der Waals surface area contributed by atoms with Gasteiger partial charge in [0.1, 0.15) is 61.0 Å². The summed E-state index contributed by atoms with van der Waals surface area (Å²) in [7, 11) is 1.32. The minimum atomic E-state index is -1.84. The van der Waals surface area contributed by atoms with E-state index >= 15 is 0 Å². The molecule has 2 aliphatic heterocycles. The Hall–Kier alpha value is -0.600. The molecule has 35 heavy (non-hydrogen) atoms. The normalized spacial score (nSPS) is 51.3. The first kappa shape index (κ1) is 29.0. The molecule has 6 unspecified atom stereocenters. The monoisotopic (exact) mass is 516 g/mol. The molecule has 2 saturated heterocycles. The fourth-order valence-electron chi connectivity index (χ4n) is 4.65. The third-order valence-corrected chi connectivity index (χ3v) is 6.86. The van der Waals surface area contributed by atoms with Crippen molar-refractivity contribution in [3.8, 4) is 0 Å². The van der Waals surface area contributed by atoms with Crippen molar-refractivity contribution in [3.63, 3.8) is 0 Å². The van der Waals surface area contributed by atoms with Crippen LogP contribution in [0.2, 0.25) is 0 Å². The van der Waals surface area contributed by atoms with E-state index in [9.17, 15) is 51.1 Å². The van der Waals surface area contributed by atoms with Gasteiger partial charge in [-0.25, -0.2) is 0 Å². The Morgan fingerprint density at radius 1 is 0.600 bits per heavy atom. The lowest BCUT2D eigenvalue weighted by molar-refractivity contribution is -0.371. The van der Waals surface area contributed by atoms with Gasteiger partial charge in [0, 0.05) is 19.6 Å². The van der Waals surface area contributed by atoms with Crippen LogP contribution in [0.5, 0.6) is 0 Å². The summed E-state index contributed by atoms with van der Waals surface area (Å²) in [6, 6.07) is 0. The van der Waals surface area contributed by atoms with Crippen molar-refractivity contribution < 1.29 is 74.7 Å². The second kappa shape index (κ2) is 12.3. The van der Waals surface area contributed by atoms with Gasteiger partial charge in [-0.2, -0.15) is 0 Å². The Morgan fingerprint density at radius 2 is 1.11 bits per heavy atom. The van der Waals surface area contributed by atoms with Gasteiger partial charge < -0.3 is 74.7 Å². The molecule has 1 aliphatic carbocycles. The Labute approximate surface area is 200 Å². The lowest BCUT2D eigenvalue weighted by atomic mass is 9.81. The lowest BCUT2D eigenvalue weighted by Gasteiger charge is -2.48. The van der Waals surface area contributed by atoms with Crippen molar-refractivity contribution in [1.29, 1.82) is 0 Å². The molecule has 15 nitrogen and oxygen atoms in total. The van der Waals surface area contributed by atoms with E-state index in [0.717, 1.165) is 0 Å². The summed E-state index contributed by atoms with van der Waals surface area (Å²) in [5, 5.41) is 101. The molecule has 3 fully saturated rings. The van der Waals surface area contributed by atoms with E-state index in [1.165, 1.54) is 7.11 Å². The Bertz CT molecular complexity index is 638. The number of methoxy groups -OCH3 is 1. The molecule has 10 N–H and O–H groups in total. The third kappa shape index (κ3) is 5.79. The number of hydrogen-bond donors (Lipinski definition) is 10. The topological polar surface area (TPSA) is 248 Å². The molecule has 0 bridgehead atoms. The molecular weight excluding hydrogens is 480 g/mol. The maximum absolute atomic E-state index is 10.9. The van der Waals surface area contributed by atoms with E-state index in [1.54, 1.807) is 0 Å². The number of hydrogen-bond acceptors (Lipinski definition) is 15. The van der Waals surface area contributed by atoms with Gasteiger partial charge in [0.15, 0.2) is 12.6 Å². The molecule has 0 aromatic rings. The summed E-state index contributed by atoms with van der Waals surface area (Å²) in [5.74, 6) is -0.727. The molecule has 0 amide bonds. The van der Waals surface area contributed by atoms with Crippen LogP contribution in [0.15, 0.2) is 0 Å². The Morgan fingerprint density at radius 3 is 1.63 bits per heavy atom. The third-order valence-electron chi connectivity index (χ3n) is 6.86. The van der Waals surface area contributed by atoms with Crippen molar-refractivity contribution in [2.45, 2.75) is 92.2 Å². The maximum Gasteiger partial charge on any atom is 0.187 e. The molecule has 15 atom stereocenters. The van der Waals surface area contributed by atoms with Gasteiger partial charge in [0.25, 0.3) is 0 Å². The predicted octanol–water partition coefficient (Wildman–Crippen LogP) is -6.26. The average Bonchev–Trinajstić information content (AvgIpc) is 2.85. The van der Waals surface area contributed by atoms with Gasteiger partial charge in [-0.05, 0) is 6.42 Å². The second-order valence-electron chi connectivity index (χ2n) is 9.04. The highest BCUT2D eigenvalue weighted by Gasteiger charge is 2.53. The van der Waals surface area contributed by atoms with Gasteiger partial charge in [-0.3, -0.25) is 0 Å². The van der Waals surface area contributed by atoms with Crippen LogP contribution in [0.4, 0.5) is 0 Å².